The summed E-state index contributed by atoms with van der Waals surface area (Å²) in [6.45, 7) is 5.50. The van der Waals surface area contributed by atoms with Crippen LogP contribution in [0.5, 0.6) is 5.75 Å². The highest BCUT2D eigenvalue weighted by molar-refractivity contribution is 5.78. The molecule has 4 nitrogen and oxygen atoms in total. The number of nitrogens with zero attached hydrogens (tertiary/aromatic N) is 2. The van der Waals surface area contributed by atoms with Crippen LogP contribution < -0.4 is 4.74 Å². The van der Waals surface area contributed by atoms with Crippen molar-refractivity contribution >= 4 is 17.5 Å². The Morgan fingerprint density at radius 3 is 3.00 bits per heavy atom. The predicted octanol–water partition coefficient (Wildman–Crippen LogP) is 2.29. The van der Waals surface area contributed by atoms with Crippen LogP contribution in [0.3, 0.4) is 0 Å². The first-order chi connectivity index (χ1) is 7.76. The highest BCUT2D eigenvalue weighted by Gasteiger charge is 2.07. The molecule has 16 heavy (non-hydrogen) atoms. The van der Waals surface area contributed by atoms with E-state index >= 15 is 0 Å². The van der Waals surface area contributed by atoms with Gasteiger partial charge in [0.1, 0.15) is 11.6 Å². The number of imidazole rings is 1. The van der Waals surface area contributed by atoms with Gasteiger partial charge >= 0.3 is 0 Å². The highest BCUT2D eigenvalue weighted by Crippen LogP contribution is 2.21. The van der Waals surface area contributed by atoms with E-state index in [1.807, 2.05) is 13.0 Å². The summed E-state index contributed by atoms with van der Waals surface area (Å²) in [7, 11) is 0. The van der Waals surface area contributed by atoms with Crippen molar-refractivity contribution in [3.63, 3.8) is 0 Å². The van der Waals surface area contributed by atoms with Crippen LogP contribution in [0, 0.1) is 6.92 Å². The molecule has 1 heterocycles. The second kappa shape index (κ2) is 4.35. The second-order valence-electron chi connectivity index (χ2n) is 3.68. The van der Waals surface area contributed by atoms with Gasteiger partial charge in [0.15, 0.2) is 0 Å². The fourth-order valence-corrected chi connectivity index (χ4v) is 1.86. The molecule has 0 spiro atoms. The van der Waals surface area contributed by atoms with Crippen molar-refractivity contribution in [1.29, 1.82) is 0 Å². The molecule has 0 saturated carbocycles. The predicted molar refractivity (Wildman–Crippen MR) is 61.5 cm³/mol. The topological polar surface area (TPSA) is 44.1 Å². The number of benzene rings is 1. The summed E-state index contributed by atoms with van der Waals surface area (Å²) in [5, 5.41) is 0. The maximum Gasteiger partial charge on any atom is 0.298 e. The summed E-state index contributed by atoms with van der Waals surface area (Å²) in [5.41, 5.74) is 1.95. The summed E-state index contributed by atoms with van der Waals surface area (Å²) >= 11 is 0. The smallest absolute Gasteiger partial charge is 0.298 e. The van der Waals surface area contributed by atoms with Gasteiger partial charge in [-0.25, -0.2) is 4.98 Å². The number of fused-ring (bicyclic) bond motifs is 1. The fourth-order valence-electron chi connectivity index (χ4n) is 1.86. The van der Waals surface area contributed by atoms with Crippen molar-refractivity contribution in [3.8, 4) is 5.75 Å². The molecule has 0 aliphatic carbocycles. The lowest BCUT2D eigenvalue weighted by Gasteiger charge is -2.04. The van der Waals surface area contributed by atoms with E-state index < -0.39 is 0 Å². The Kier molecular flexibility index (Phi) is 2.90. The largest absolute Gasteiger partial charge is 0.429 e. The van der Waals surface area contributed by atoms with Crippen LogP contribution in [0.1, 0.15) is 19.2 Å². The van der Waals surface area contributed by atoms with Crippen LogP contribution in [-0.4, -0.2) is 16.0 Å². The molecule has 0 bridgehead atoms. The van der Waals surface area contributed by atoms with Gasteiger partial charge in [-0.3, -0.25) is 4.79 Å². The van der Waals surface area contributed by atoms with Gasteiger partial charge in [-0.2, -0.15) is 0 Å². The SMILES string of the molecule is CCCn1c(C)nc2cc(OC=O)ccc21. The van der Waals surface area contributed by atoms with Crippen molar-refractivity contribution in [2.75, 3.05) is 0 Å². The second-order valence-corrected chi connectivity index (χ2v) is 3.68. The molecule has 2 rings (SSSR count). The van der Waals surface area contributed by atoms with Gasteiger partial charge in [-0.1, -0.05) is 6.92 Å². The Morgan fingerprint density at radius 2 is 2.31 bits per heavy atom. The third-order valence-electron chi connectivity index (χ3n) is 2.54. The first-order valence-electron chi connectivity index (χ1n) is 5.33. The zero-order valence-corrected chi connectivity index (χ0v) is 9.43. The van der Waals surface area contributed by atoms with Gasteiger partial charge < -0.3 is 9.30 Å². The van der Waals surface area contributed by atoms with Crippen LogP contribution in [0.15, 0.2) is 18.2 Å². The van der Waals surface area contributed by atoms with Crippen LogP contribution >= 0.6 is 0 Å². The number of aromatic nitrogens is 2. The summed E-state index contributed by atoms with van der Waals surface area (Å²) in [4.78, 5) is 14.7. The molecule has 0 radical (unpaired) electrons. The average Bonchev–Trinajstić information content (AvgIpc) is 2.56. The standard InChI is InChI=1S/C12H14N2O2/c1-3-6-14-9(2)13-11-7-10(16-8-15)4-5-12(11)14/h4-5,7-8H,3,6H2,1-2H3. The minimum atomic E-state index is 0.428. The van der Waals surface area contributed by atoms with E-state index in [9.17, 15) is 4.79 Å². The fraction of sp³-hybridized carbons (Fsp3) is 0.333. The molecule has 2 aromatic rings. The van der Waals surface area contributed by atoms with Gasteiger partial charge in [0.2, 0.25) is 0 Å². The zero-order valence-electron chi connectivity index (χ0n) is 9.43. The summed E-state index contributed by atoms with van der Waals surface area (Å²) in [6.07, 6.45) is 1.07. The molecular weight excluding hydrogens is 204 g/mol. The number of rotatable bonds is 4. The van der Waals surface area contributed by atoms with Gasteiger partial charge in [0, 0.05) is 12.6 Å². The van der Waals surface area contributed by atoms with Crippen molar-refractivity contribution in [2.24, 2.45) is 0 Å². The van der Waals surface area contributed by atoms with E-state index in [4.69, 9.17) is 4.74 Å². The lowest BCUT2D eigenvalue weighted by atomic mass is 10.3. The third kappa shape index (κ3) is 1.78. The quantitative estimate of drug-likeness (QED) is 0.739. The third-order valence-corrected chi connectivity index (χ3v) is 2.54. The molecular formula is C12H14N2O2. The lowest BCUT2D eigenvalue weighted by molar-refractivity contribution is -0.120. The first kappa shape index (κ1) is 10.7. The maximum atomic E-state index is 10.2. The van der Waals surface area contributed by atoms with E-state index in [1.54, 1.807) is 12.1 Å². The summed E-state index contributed by atoms with van der Waals surface area (Å²) < 4.78 is 6.96. The number of aryl methyl sites for hydroxylation is 2. The van der Waals surface area contributed by atoms with E-state index in [2.05, 4.69) is 16.5 Å². The Labute approximate surface area is 93.9 Å². The molecule has 84 valence electrons. The first-order valence-corrected chi connectivity index (χ1v) is 5.33. The number of carbonyl (C=O) groups is 1. The van der Waals surface area contributed by atoms with Crippen LogP contribution in [0.25, 0.3) is 11.0 Å². The summed E-state index contributed by atoms with van der Waals surface area (Å²) in [5.74, 6) is 1.52. The van der Waals surface area contributed by atoms with Crippen molar-refractivity contribution < 1.29 is 9.53 Å². The number of hydrogen-bond acceptors (Lipinski definition) is 3. The van der Waals surface area contributed by atoms with Crippen molar-refractivity contribution in [3.05, 3.63) is 24.0 Å². The van der Waals surface area contributed by atoms with Gasteiger partial charge in [-0.05, 0) is 25.5 Å². The molecule has 1 aromatic carbocycles. The zero-order chi connectivity index (χ0) is 11.5. The van der Waals surface area contributed by atoms with Crippen molar-refractivity contribution in [2.45, 2.75) is 26.8 Å². The Balaban J connectivity index is 2.51. The van der Waals surface area contributed by atoms with Crippen molar-refractivity contribution in [1.82, 2.24) is 9.55 Å². The molecule has 0 aliphatic rings. The van der Waals surface area contributed by atoms with E-state index in [-0.39, 0.29) is 0 Å². The lowest BCUT2D eigenvalue weighted by Crippen LogP contribution is -1.98. The van der Waals surface area contributed by atoms with E-state index in [0.29, 0.717) is 12.2 Å². The minimum Gasteiger partial charge on any atom is -0.429 e. The molecule has 0 N–H and O–H groups in total. The normalized spacial score (nSPS) is 10.6. The van der Waals surface area contributed by atoms with Gasteiger partial charge in [0.05, 0.1) is 11.0 Å². The molecule has 0 amide bonds. The number of carbonyl (C=O) groups excluding carboxylic acids is 1. The Hall–Kier alpha value is -1.84. The summed E-state index contributed by atoms with van der Waals surface area (Å²) in [6, 6.07) is 5.50. The molecule has 0 atom stereocenters. The highest BCUT2D eigenvalue weighted by atomic mass is 16.5. The molecule has 4 heteroatoms. The number of hydrogen-bond donors (Lipinski definition) is 0. The molecule has 1 aromatic heterocycles. The number of ether oxygens (including phenoxy) is 1. The van der Waals surface area contributed by atoms with Crippen LogP contribution in [0.2, 0.25) is 0 Å². The Morgan fingerprint density at radius 1 is 1.50 bits per heavy atom. The van der Waals surface area contributed by atoms with Crippen LogP contribution in [0.4, 0.5) is 0 Å². The van der Waals surface area contributed by atoms with E-state index in [0.717, 1.165) is 29.8 Å². The van der Waals surface area contributed by atoms with Crippen LogP contribution in [-0.2, 0) is 11.3 Å². The average molecular weight is 218 g/mol. The maximum absolute atomic E-state index is 10.2. The molecule has 0 unspecified atom stereocenters. The minimum absolute atomic E-state index is 0.428. The Bertz CT molecular complexity index is 517. The molecule has 0 fully saturated rings. The molecule has 0 saturated heterocycles. The van der Waals surface area contributed by atoms with Gasteiger partial charge in [0.25, 0.3) is 6.47 Å². The van der Waals surface area contributed by atoms with Gasteiger partial charge in [-0.15, -0.1) is 0 Å². The molecule has 0 aliphatic heterocycles. The van der Waals surface area contributed by atoms with E-state index in [1.165, 1.54) is 0 Å². The monoisotopic (exact) mass is 218 g/mol.